The van der Waals surface area contributed by atoms with Crippen molar-refractivity contribution in [2.75, 3.05) is 38.2 Å². The van der Waals surface area contributed by atoms with Crippen molar-refractivity contribution >= 4 is 11.8 Å². The highest BCUT2D eigenvalue weighted by Crippen LogP contribution is 2.28. The smallest absolute Gasteiger partial charge is 0.325 e. The third-order valence-electron chi connectivity index (χ3n) is 6.41. The number of likely N-dealkylation sites (tertiary alicyclic amines) is 1. The molecule has 0 spiro atoms. The zero-order chi connectivity index (χ0) is 23.0. The number of aliphatic carboxylic acids is 1. The molecule has 0 radical (unpaired) electrons. The number of nitrogens with one attached hydrogen (secondary N) is 1. The van der Waals surface area contributed by atoms with Crippen LogP contribution in [-0.4, -0.2) is 59.9 Å². The second-order valence-electron chi connectivity index (χ2n) is 8.82. The first kappa shape index (κ1) is 23.5. The quantitative estimate of drug-likeness (QED) is 0.496. The van der Waals surface area contributed by atoms with E-state index < -0.39 is 12.0 Å². The molecule has 2 aliphatic rings. The summed E-state index contributed by atoms with van der Waals surface area (Å²) in [5, 5.41) is 13.2. The Balaban J connectivity index is 1.20. The lowest BCUT2D eigenvalue weighted by molar-refractivity contribution is -0.143. The standard InChI is InChI=1S/C26H35N3O4/c1-2-32-22-12-9-19(10-13-22)24(26(30)31)29-16-14-23(18-29)33-17-4-3-7-21-11-8-20-6-5-15-27-25(20)28-21/h8-13,23-24H,2-7,14-18H2,1H3,(H,27,28)(H,30,31)/t23-,24+/m1/s1. The second-order valence-corrected chi connectivity index (χ2v) is 8.82. The molecule has 0 saturated carbocycles. The highest BCUT2D eigenvalue weighted by atomic mass is 16.5. The van der Waals surface area contributed by atoms with Gasteiger partial charge in [-0.2, -0.15) is 0 Å². The van der Waals surface area contributed by atoms with Crippen LogP contribution in [0, 0.1) is 0 Å². The SMILES string of the molecule is CCOc1ccc([C@@H](C(=O)O)N2CC[C@@H](OCCCCc3ccc4c(n3)NCCC4)C2)cc1. The van der Waals surface area contributed by atoms with Gasteiger partial charge in [-0.15, -0.1) is 0 Å². The molecule has 178 valence electrons. The molecule has 7 nitrogen and oxygen atoms in total. The van der Waals surface area contributed by atoms with E-state index in [1.165, 1.54) is 12.0 Å². The Bertz CT molecular complexity index is 918. The van der Waals surface area contributed by atoms with Crippen LogP contribution in [0.3, 0.4) is 0 Å². The van der Waals surface area contributed by atoms with E-state index in [2.05, 4.69) is 17.4 Å². The van der Waals surface area contributed by atoms with Gasteiger partial charge in [-0.1, -0.05) is 18.2 Å². The first-order chi connectivity index (χ1) is 16.1. The van der Waals surface area contributed by atoms with Crippen LogP contribution >= 0.6 is 0 Å². The van der Waals surface area contributed by atoms with Crippen LogP contribution in [0.2, 0.25) is 0 Å². The number of fused-ring (bicyclic) bond motifs is 1. The van der Waals surface area contributed by atoms with Crippen LogP contribution in [0.5, 0.6) is 5.75 Å². The van der Waals surface area contributed by atoms with Crippen LogP contribution in [0.4, 0.5) is 5.82 Å². The number of carbonyl (C=O) groups is 1. The van der Waals surface area contributed by atoms with E-state index in [1.54, 1.807) is 0 Å². The summed E-state index contributed by atoms with van der Waals surface area (Å²) in [6.45, 7) is 5.59. The minimum absolute atomic E-state index is 0.0839. The van der Waals surface area contributed by atoms with Crippen molar-refractivity contribution in [3.05, 3.63) is 53.2 Å². The van der Waals surface area contributed by atoms with E-state index in [9.17, 15) is 9.90 Å². The number of pyridine rings is 1. The van der Waals surface area contributed by atoms with Crippen LogP contribution in [-0.2, 0) is 22.4 Å². The number of aryl methyl sites for hydroxylation is 2. The third-order valence-corrected chi connectivity index (χ3v) is 6.41. The number of aromatic nitrogens is 1. The number of anilines is 1. The summed E-state index contributed by atoms with van der Waals surface area (Å²) in [6, 6.07) is 11.1. The monoisotopic (exact) mass is 453 g/mol. The average Bonchev–Trinajstić information content (AvgIpc) is 3.28. The van der Waals surface area contributed by atoms with Gasteiger partial charge in [-0.25, -0.2) is 4.98 Å². The molecule has 0 bridgehead atoms. The van der Waals surface area contributed by atoms with Crippen molar-refractivity contribution in [2.45, 2.75) is 57.6 Å². The molecule has 1 aromatic heterocycles. The minimum atomic E-state index is -0.827. The second kappa shape index (κ2) is 11.5. The first-order valence-corrected chi connectivity index (χ1v) is 12.2. The number of nitrogens with zero attached hydrogens (tertiary/aromatic N) is 2. The van der Waals surface area contributed by atoms with E-state index in [4.69, 9.17) is 14.5 Å². The summed E-state index contributed by atoms with van der Waals surface area (Å²) in [6.07, 6.45) is 6.20. The molecular formula is C26H35N3O4. The topological polar surface area (TPSA) is 83.9 Å². The van der Waals surface area contributed by atoms with Crippen LogP contribution in [0.25, 0.3) is 0 Å². The van der Waals surface area contributed by atoms with E-state index in [-0.39, 0.29) is 6.10 Å². The highest BCUT2D eigenvalue weighted by molar-refractivity contribution is 5.75. The summed E-state index contributed by atoms with van der Waals surface area (Å²) in [5.41, 5.74) is 3.23. The Hall–Kier alpha value is -2.64. The lowest BCUT2D eigenvalue weighted by atomic mass is 10.1. The van der Waals surface area contributed by atoms with E-state index in [0.29, 0.717) is 19.8 Å². The molecule has 3 heterocycles. The number of unbranched alkanes of at least 4 members (excludes halogenated alkanes) is 1. The Kier molecular flexibility index (Phi) is 8.18. The Morgan fingerprint density at radius 1 is 1.24 bits per heavy atom. The molecule has 1 fully saturated rings. The van der Waals surface area contributed by atoms with E-state index in [1.807, 2.05) is 36.1 Å². The largest absolute Gasteiger partial charge is 0.494 e. The molecule has 0 amide bonds. The maximum atomic E-state index is 12.0. The van der Waals surface area contributed by atoms with E-state index >= 15 is 0 Å². The van der Waals surface area contributed by atoms with Gasteiger partial charge in [0.25, 0.3) is 0 Å². The van der Waals surface area contributed by atoms with Gasteiger partial charge < -0.3 is 19.9 Å². The number of carboxylic acid groups (broad SMARTS) is 1. The Morgan fingerprint density at radius 2 is 2.09 bits per heavy atom. The summed E-state index contributed by atoms with van der Waals surface area (Å²) in [5.74, 6) is 0.989. The molecule has 33 heavy (non-hydrogen) atoms. The van der Waals surface area contributed by atoms with Crippen LogP contribution in [0.15, 0.2) is 36.4 Å². The maximum absolute atomic E-state index is 12.0. The molecular weight excluding hydrogens is 418 g/mol. The molecule has 1 saturated heterocycles. The molecule has 2 N–H and O–H groups in total. The Labute approximate surface area is 196 Å². The zero-order valence-electron chi connectivity index (χ0n) is 19.5. The normalized spacial score (nSPS) is 19.0. The van der Waals surface area contributed by atoms with Crippen LogP contribution in [0.1, 0.15) is 55.5 Å². The molecule has 2 aromatic rings. The molecule has 0 unspecified atom stereocenters. The molecule has 2 atom stereocenters. The van der Waals surface area contributed by atoms with E-state index in [0.717, 1.165) is 68.0 Å². The molecule has 1 aromatic carbocycles. The van der Waals surface area contributed by atoms with Gasteiger partial charge in [0, 0.05) is 31.9 Å². The number of hydrogen-bond donors (Lipinski definition) is 2. The van der Waals surface area contributed by atoms with Gasteiger partial charge in [0.15, 0.2) is 0 Å². The fourth-order valence-electron chi connectivity index (χ4n) is 4.71. The fourth-order valence-corrected chi connectivity index (χ4v) is 4.71. The zero-order valence-corrected chi connectivity index (χ0v) is 19.5. The third kappa shape index (κ3) is 6.24. The summed E-state index contributed by atoms with van der Waals surface area (Å²) in [4.78, 5) is 18.8. The molecule has 7 heteroatoms. The van der Waals surface area contributed by atoms with Crippen molar-refractivity contribution < 1.29 is 19.4 Å². The van der Waals surface area contributed by atoms with Gasteiger partial charge in [0.2, 0.25) is 0 Å². The van der Waals surface area contributed by atoms with Crippen molar-refractivity contribution in [1.82, 2.24) is 9.88 Å². The van der Waals surface area contributed by atoms with Crippen molar-refractivity contribution in [1.29, 1.82) is 0 Å². The number of hydrogen-bond acceptors (Lipinski definition) is 6. The maximum Gasteiger partial charge on any atom is 0.325 e. The predicted octanol–water partition coefficient (Wildman–Crippen LogP) is 4.08. The van der Waals surface area contributed by atoms with Crippen molar-refractivity contribution in [2.24, 2.45) is 0 Å². The van der Waals surface area contributed by atoms with Crippen molar-refractivity contribution in [3.8, 4) is 5.75 Å². The molecule has 0 aliphatic carbocycles. The first-order valence-electron chi connectivity index (χ1n) is 12.2. The van der Waals surface area contributed by atoms with Gasteiger partial charge in [0.05, 0.1) is 12.7 Å². The number of ether oxygens (including phenoxy) is 2. The lowest BCUT2D eigenvalue weighted by Gasteiger charge is -2.24. The van der Waals surface area contributed by atoms with Gasteiger partial charge >= 0.3 is 5.97 Å². The summed E-state index contributed by atoms with van der Waals surface area (Å²) in [7, 11) is 0. The van der Waals surface area contributed by atoms with Crippen molar-refractivity contribution in [3.63, 3.8) is 0 Å². The summed E-state index contributed by atoms with van der Waals surface area (Å²) >= 11 is 0. The average molecular weight is 454 g/mol. The highest BCUT2D eigenvalue weighted by Gasteiger charge is 2.33. The summed E-state index contributed by atoms with van der Waals surface area (Å²) < 4.78 is 11.6. The Morgan fingerprint density at radius 3 is 2.88 bits per heavy atom. The number of carboxylic acids is 1. The number of rotatable bonds is 11. The van der Waals surface area contributed by atoms with Gasteiger partial charge in [0.1, 0.15) is 17.6 Å². The number of benzene rings is 1. The van der Waals surface area contributed by atoms with Crippen LogP contribution < -0.4 is 10.1 Å². The lowest BCUT2D eigenvalue weighted by Crippen LogP contribution is -2.33. The van der Waals surface area contributed by atoms with Gasteiger partial charge in [-0.3, -0.25) is 9.69 Å². The molecule has 2 aliphatic heterocycles. The molecule has 4 rings (SSSR count). The fraction of sp³-hybridized carbons (Fsp3) is 0.538. The predicted molar refractivity (Wildman–Crippen MR) is 128 cm³/mol. The minimum Gasteiger partial charge on any atom is -0.494 e. The van der Waals surface area contributed by atoms with Gasteiger partial charge in [-0.05, 0) is 74.8 Å².